The fraction of sp³-hybridized carbons (Fsp3) is 0.0877. The third-order valence-corrected chi connectivity index (χ3v) is 13.3. The predicted octanol–water partition coefficient (Wildman–Crippen LogP) is 13.8. The van der Waals surface area contributed by atoms with Gasteiger partial charge in [0.25, 0.3) is 0 Å². The molecule has 9 aromatic carbocycles. The number of aryl methyl sites for hydroxylation is 1. The number of aromatic nitrogens is 1. The first kappa shape index (κ1) is 37.9. The molecule has 0 spiro atoms. The SMILES string of the molecule is COC(OF)c1ccc(-c2ccc3ccc4c(-c5ccc(-c6cccc(B7c8ccccc8C8C=CC=CC78)c6)cc5)ccc5ccc2c3c54)cc1.Cc1c[nH]c2ccccc12. The van der Waals surface area contributed by atoms with Gasteiger partial charge in [-0.05, 0) is 100 Å². The van der Waals surface area contributed by atoms with Crippen LogP contribution in [0.1, 0.15) is 28.9 Å². The zero-order valence-corrected chi connectivity index (χ0v) is 34.6. The fourth-order valence-electron chi connectivity index (χ4n) is 10.3. The van der Waals surface area contributed by atoms with Crippen LogP contribution in [0.4, 0.5) is 4.53 Å². The Labute approximate surface area is 361 Å². The van der Waals surface area contributed by atoms with Crippen LogP contribution in [0.25, 0.3) is 76.6 Å². The van der Waals surface area contributed by atoms with Crippen LogP contribution in [-0.2, 0) is 9.68 Å². The van der Waals surface area contributed by atoms with E-state index in [4.69, 9.17) is 4.74 Å². The number of hydrogen-bond donors (Lipinski definition) is 1. The zero-order valence-electron chi connectivity index (χ0n) is 34.6. The highest BCUT2D eigenvalue weighted by molar-refractivity contribution is 6.88. The average molecular weight is 804 g/mol. The van der Waals surface area contributed by atoms with Crippen LogP contribution < -0.4 is 10.9 Å². The standard InChI is InChI=1S/C48H34BFO2.C9H9N/c1-51-48(52-50)35-19-17-32(18-20-35)39-26-22-34-23-27-42-38(25-21-33-24-28-43(39)47(34)46(33)42)31-15-13-30(14-16-31)36-7-6-8-37(29-36)49-44-11-4-2-9-40(44)41-10-3-5-12-45(41)49;1-7-6-10-9-5-3-2-4-8(7)9/h2-29,40,44,48H,1H3;2-6,10H,1H3. The number of para-hydroxylation sites is 1. The minimum Gasteiger partial charge on any atom is -0.361 e. The van der Waals surface area contributed by atoms with E-state index in [2.05, 4.69) is 181 Å². The van der Waals surface area contributed by atoms with Crippen molar-refractivity contribution in [3.05, 3.63) is 217 Å². The van der Waals surface area contributed by atoms with Crippen molar-refractivity contribution in [1.82, 2.24) is 4.98 Å². The number of ether oxygens (including phenoxy) is 1. The third kappa shape index (κ3) is 6.44. The number of nitrogens with one attached hydrogen (secondary N) is 1. The molecule has 2 heterocycles. The van der Waals surface area contributed by atoms with E-state index in [0.29, 0.717) is 24.0 Å². The molecular weight excluding hydrogens is 760 g/mol. The molecule has 0 amide bonds. The maximum atomic E-state index is 13.0. The summed E-state index contributed by atoms with van der Waals surface area (Å²) in [5, 5.41) is 8.72. The molecular formula is C57H43BFNO2. The highest BCUT2D eigenvalue weighted by Gasteiger charge is 2.42. The third-order valence-electron chi connectivity index (χ3n) is 13.3. The topological polar surface area (TPSA) is 34.2 Å². The summed E-state index contributed by atoms with van der Waals surface area (Å²) in [4.78, 5) is 7.17. The number of halogens is 1. The monoisotopic (exact) mass is 803 g/mol. The normalized spacial score (nSPS) is 15.9. The van der Waals surface area contributed by atoms with E-state index in [9.17, 15) is 4.53 Å². The Bertz CT molecular complexity index is 3310. The minimum atomic E-state index is -1.04. The first-order valence-corrected chi connectivity index (χ1v) is 21.4. The molecule has 5 heteroatoms. The van der Waals surface area contributed by atoms with Crippen molar-refractivity contribution in [1.29, 1.82) is 0 Å². The van der Waals surface area contributed by atoms with E-state index in [1.165, 1.54) is 94.6 Å². The lowest BCUT2D eigenvalue weighted by atomic mass is 9.35. The van der Waals surface area contributed by atoms with Crippen LogP contribution in [0.5, 0.6) is 0 Å². The van der Waals surface area contributed by atoms with Gasteiger partial charge in [0.1, 0.15) is 0 Å². The smallest absolute Gasteiger partial charge is 0.222 e. The second-order valence-corrected chi connectivity index (χ2v) is 16.6. The average Bonchev–Trinajstić information content (AvgIpc) is 3.89. The molecule has 12 rings (SSSR count). The fourth-order valence-corrected chi connectivity index (χ4v) is 10.3. The number of benzene rings is 9. The van der Waals surface area contributed by atoms with E-state index in [0.717, 1.165) is 11.1 Å². The Morgan fingerprint density at radius 2 is 1.21 bits per heavy atom. The summed E-state index contributed by atoms with van der Waals surface area (Å²) in [6, 6.07) is 61.1. The molecule has 298 valence electrons. The molecule has 3 nitrogen and oxygen atoms in total. The van der Waals surface area contributed by atoms with Gasteiger partial charge in [0.15, 0.2) is 0 Å². The highest BCUT2D eigenvalue weighted by atomic mass is 19.3. The Morgan fingerprint density at radius 3 is 1.90 bits per heavy atom. The number of allylic oxidation sites excluding steroid dienone is 4. The highest BCUT2D eigenvalue weighted by Crippen LogP contribution is 2.44. The number of hydrogen-bond acceptors (Lipinski definition) is 2. The largest absolute Gasteiger partial charge is 0.361 e. The van der Waals surface area contributed by atoms with Crippen molar-refractivity contribution in [2.45, 2.75) is 24.9 Å². The second-order valence-electron chi connectivity index (χ2n) is 16.6. The van der Waals surface area contributed by atoms with E-state index < -0.39 is 6.29 Å². The van der Waals surface area contributed by atoms with Crippen molar-refractivity contribution in [3.8, 4) is 33.4 Å². The summed E-state index contributed by atoms with van der Waals surface area (Å²) < 4.78 is 18.1. The summed E-state index contributed by atoms with van der Waals surface area (Å²) >= 11 is 0. The maximum absolute atomic E-state index is 13.0. The van der Waals surface area contributed by atoms with Gasteiger partial charge in [-0.1, -0.05) is 199 Å². The molecule has 0 bridgehead atoms. The van der Waals surface area contributed by atoms with Crippen LogP contribution in [0.2, 0.25) is 5.82 Å². The van der Waals surface area contributed by atoms with Crippen LogP contribution in [0, 0.1) is 6.92 Å². The van der Waals surface area contributed by atoms with Crippen LogP contribution in [0.3, 0.4) is 0 Å². The molecule has 0 fully saturated rings. The summed E-state index contributed by atoms with van der Waals surface area (Å²) in [5.74, 6) is 0.878. The summed E-state index contributed by atoms with van der Waals surface area (Å²) in [7, 11) is 1.43. The quantitative estimate of drug-likeness (QED) is 0.0989. The number of fused-ring (bicyclic) bond motifs is 4. The lowest BCUT2D eigenvalue weighted by Crippen LogP contribution is -2.42. The molecule has 1 aromatic heterocycles. The van der Waals surface area contributed by atoms with E-state index in [1.807, 2.05) is 36.5 Å². The number of methoxy groups -OCH3 is 1. The first-order chi connectivity index (χ1) is 30.6. The van der Waals surface area contributed by atoms with Crippen molar-refractivity contribution in [2.75, 3.05) is 7.11 Å². The van der Waals surface area contributed by atoms with Gasteiger partial charge in [0.05, 0.1) is 0 Å². The van der Waals surface area contributed by atoms with E-state index in [1.54, 1.807) is 0 Å². The van der Waals surface area contributed by atoms with Gasteiger partial charge in [0.2, 0.25) is 13.0 Å². The lowest BCUT2D eigenvalue weighted by Gasteiger charge is -2.21. The van der Waals surface area contributed by atoms with Gasteiger partial charge in [-0.3, -0.25) is 0 Å². The van der Waals surface area contributed by atoms with Crippen LogP contribution in [0.15, 0.2) is 200 Å². The molecule has 62 heavy (non-hydrogen) atoms. The van der Waals surface area contributed by atoms with Gasteiger partial charge < -0.3 is 9.72 Å². The van der Waals surface area contributed by atoms with Gasteiger partial charge in [-0.25, -0.2) is 0 Å². The Hall–Kier alpha value is -7.05. The molecule has 1 aliphatic heterocycles. The molecule has 3 atom stereocenters. The van der Waals surface area contributed by atoms with Crippen molar-refractivity contribution in [3.63, 3.8) is 0 Å². The van der Waals surface area contributed by atoms with Gasteiger partial charge in [-0.2, -0.15) is 4.94 Å². The first-order valence-electron chi connectivity index (χ1n) is 21.4. The van der Waals surface area contributed by atoms with Crippen LogP contribution in [-0.4, -0.2) is 18.8 Å². The summed E-state index contributed by atoms with van der Waals surface area (Å²) in [5.41, 5.74) is 14.5. The molecule has 2 aliphatic rings. The van der Waals surface area contributed by atoms with Crippen molar-refractivity contribution >= 4 is 60.9 Å². The van der Waals surface area contributed by atoms with Crippen LogP contribution >= 0.6 is 0 Å². The Kier molecular flexibility index (Phi) is 9.64. The summed E-state index contributed by atoms with van der Waals surface area (Å²) in [6.45, 7) is 2.46. The van der Waals surface area contributed by atoms with E-state index >= 15 is 0 Å². The lowest BCUT2D eigenvalue weighted by molar-refractivity contribution is -0.271. The molecule has 1 N–H and O–H groups in total. The number of aromatic amines is 1. The molecule has 0 radical (unpaired) electrons. The number of rotatable bonds is 7. The van der Waals surface area contributed by atoms with Gasteiger partial charge in [0, 0.05) is 35.7 Å². The predicted molar refractivity (Wildman–Crippen MR) is 258 cm³/mol. The molecule has 1 aliphatic carbocycles. The molecule has 3 unspecified atom stereocenters. The second kappa shape index (κ2) is 15.8. The maximum Gasteiger partial charge on any atom is 0.222 e. The minimum absolute atomic E-state index is 0.345. The Morgan fingerprint density at radius 1 is 0.581 bits per heavy atom. The number of H-pyrrole nitrogens is 1. The van der Waals surface area contributed by atoms with Crippen molar-refractivity contribution in [2.24, 2.45) is 0 Å². The van der Waals surface area contributed by atoms with E-state index in [-0.39, 0.29) is 0 Å². The Balaban J connectivity index is 0.000000379. The zero-order chi connectivity index (χ0) is 41.7. The molecule has 0 saturated carbocycles. The van der Waals surface area contributed by atoms with Crippen molar-refractivity contribution < 1.29 is 14.2 Å². The van der Waals surface area contributed by atoms with Gasteiger partial charge >= 0.3 is 0 Å². The molecule has 0 saturated heterocycles. The summed E-state index contributed by atoms with van der Waals surface area (Å²) in [6.07, 6.45) is 10.2. The van der Waals surface area contributed by atoms with Gasteiger partial charge in [-0.15, -0.1) is 0 Å². The molecule has 10 aromatic rings.